The fourth-order valence-electron chi connectivity index (χ4n) is 1.26. The first-order valence-corrected chi connectivity index (χ1v) is 6.42. The number of hydrogen-bond donors (Lipinski definition) is 2. The molecule has 1 aromatic heterocycles. The third kappa shape index (κ3) is 2.49. The maximum atomic E-state index is 11.2. The fraction of sp³-hybridized carbons (Fsp3) is 0.100. The van der Waals surface area contributed by atoms with Gasteiger partial charge < -0.3 is 5.11 Å². The molecule has 0 unspecified atom stereocenters. The second-order valence-electron chi connectivity index (χ2n) is 3.42. The minimum atomic E-state index is -0.995. The summed E-state index contributed by atoms with van der Waals surface area (Å²) in [6, 6.07) is 4.84. The van der Waals surface area contributed by atoms with Gasteiger partial charge in [-0.05, 0) is 45.9 Å². The number of aromatic amines is 1. The lowest BCUT2D eigenvalue weighted by atomic mass is 10.2. The fourth-order valence-corrected chi connectivity index (χ4v) is 2.80. The Bertz CT molecular complexity index is 665. The molecule has 2 rings (SSSR count). The predicted octanol–water partition coefficient (Wildman–Crippen LogP) is 1.72. The summed E-state index contributed by atoms with van der Waals surface area (Å²) in [6.45, 7) is 0. The Morgan fingerprint density at radius 2 is 2.28 bits per heavy atom. The Morgan fingerprint density at radius 3 is 2.78 bits per heavy atom. The molecule has 8 heteroatoms. The van der Waals surface area contributed by atoms with Crippen molar-refractivity contribution in [2.24, 2.45) is 7.05 Å². The molecule has 0 spiro atoms. The second kappa shape index (κ2) is 4.99. The van der Waals surface area contributed by atoms with Crippen LogP contribution >= 0.6 is 27.7 Å². The third-order valence-electron chi connectivity index (χ3n) is 2.22. The number of nitrogens with one attached hydrogen (secondary N) is 1. The molecule has 1 aromatic carbocycles. The third-order valence-corrected chi connectivity index (χ3v) is 3.91. The van der Waals surface area contributed by atoms with Crippen LogP contribution in [0, 0.1) is 0 Å². The topological polar surface area (TPSA) is 88.0 Å². The molecule has 0 radical (unpaired) electrons. The molecule has 0 saturated carbocycles. The zero-order valence-corrected chi connectivity index (χ0v) is 11.6. The first kappa shape index (κ1) is 12.9. The lowest BCUT2D eigenvalue weighted by molar-refractivity contribution is 0.0696. The van der Waals surface area contributed by atoms with E-state index in [1.165, 1.54) is 22.4 Å². The molecule has 0 bridgehead atoms. The Balaban J connectivity index is 2.31. The van der Waals surface area contributed by atoms with Gasteiger partial charge in [0, 0.05) is 16.4 Å². The summed E-state index contributed by atoms with van der Waals surface area (Å²) in [4.78, 5) is 22.8. The van der Waals surface area contributed by atoms with Gasteiger partial charge in [-0.2, -0.15) is 0 Å². The van der Waals surface area contributed by atoms with Crippen LogP contribution in [-0.4, -0.2) is 25.8 Å². The Hall–Kier alpha value is -1.54. The molecule has 0 fully saturated rings. The van der Waals surface area contributed by atoms with Gasteiger partial charge in [-0.3, -0.25) is 4.57 Å². The van der Waals surface area contributed by atoms with Crippen LogP contribution in [0.5, 0.6) is 0 Å². The van der Waals surface area contributed by atoms with Crippen LogP contribution in [0.25, 0.3) is 0 Å². The van der Waals surface area contributed by atoms with Gasteiger partial charge in [-0.1, -0.05) is 0 Å². The van der Waals surface area contributed by atoms with Gasteiger partial charge in [0.1, 0.15) is 0 Å². The smallest absolute Gasteiger partial charge is 0.343 e. The molecule has 0 aliphatic heterocycles. The van der Waals surface area contributed by atoms with Crippen molar-refractivity contribution in [3.05, 3.63) is 38.7 Å². The van der Waals surface area contributed by atoms with E-state index in [9.17, 15) is 9.59 Å². The molecule has 0 amide bonds. The Morgan fingerprint density at radius 1 is 1.56 bits per heavy atom. The number of carboxylic acid groups (broad SMARTS) is 1. The number of H-pyrrole nitrogens is 1. The highest BCUT2D eigenvalue weighted by molar-refractivity contribution is 9.10. The number of hydrogen-bond acceptors (Lipinski definition) is 4. The van der Waals surface area contributed by atoms with Gasteiger partial charge in [-0.25, -0.2) is 14.7 Å². The highest BCUT2D eigenvalue weighted by Gasteiger charge is 2.11. The molecule has 18 heavy (non-hydrogen) atoms. The van der Waals surface area contributed by atoms with Crippen LogP contribution in [0.3, 0.4) is 0 Å². The van der Waals surface area contributed by atoms with Crippen molar-refractivity contribution in [1.82, 2.24) is 14.8 Å². The summed E-state index contributed by atoms with van der Waals surface area (Å²) in [5.74, 6) is -0.995. The standard InChI is InChI=1S/C10H8BrN3O3S/c1-14-9(17)12-13-10(14)18-5-2-3-6(8(15)16)7(11)4-5/h2-4H,1H3,(H,12,17)(H,15,16). The van der Waals surface area contributed by atoms with Gasteiger partial charge in [0.25, 0.3) is 0 Å². The van der Waals surface area contributed by atoms with Crippen molar-refractivity contribution in [2.45, 2.75) is 10.1 Å². The number of aromatic carboxylic acids is 1. The van der Waals surface area contributed by atoms with E-state index in [-0.39, 0.29) is 11.3 Å². The number of aromatic nitrogens is 3. The average molecular weight is 330 g/mol. The van der Waals surface area contributed by atoms with Gasteiger partial charge in [0.15, 0.2) is 5.16 Å². The molecule has 2 N–H and O–H groups in total. The minimum absolute atomic E-state index is 0.190. The van der Waals surface area contributed by atoms with Crippen LogP contribution in [0.15, 0.2) is 37.5 Å². The predicted molar refractivity (Wildman–Crippen MR) is 69.1 cm³/mol. The largest absolute Gasteiger partial charge is 0.478 e. The van der Waals surface area contributed by atoms with Crippen LogP contribution in [0.1, 0.15) is 10.4 Å². The first-order valence-electron chi connectivity index (χ1n) is 4.81. The van der Waals surface area contributed by atoms with Crippen LogP contribution in [0.2, 0.25) is 0 Å². The summed E-state index contributed by atoms with van der Waals surface area (Å²) in [6.07, 6.45) is 0. The molecule has 1 heterocycles. The summed E-state index contributed by atoms with van der Waals surface area (Å²) < 4.78 is 1.87. The highest BCUT2D eigenvalue weighted by Crippen LogP contribution is 2.29. The van der Waals surface area contributed by atoms with E-state index >= 15 is 0 Å². The van der Waals surface area contributed by atoms with Gasteiger partial charge in [-0.15, -0.1) is 5.10 Å². The summed E-state index contributed by atoms with van der Waals surface area (Å²) in [7, 11) is 1.61. The van der Waals surface area contributed by atoms with E-state index in [2.05, 4.69) is 26.1 Å². The van der Waals surface area contributed by atoms with E-state index < -0.39 is 5.97 Å². The quantitative estimate of drug-likeness (QED) is 0.895. The Kier molecular flexibility index (Phi) is 3.58. The SMILES string of the molecule is Cn1c(Sc2ccc(C(=O)O)c(Br)c2)n[nH]c1=O. The second-order valence-corrected chi connectivity index (χ2v) is 5.31. The number of rotatable bonds is 3. The lowest BCUT2D eigenvalue weighted by Crippen LogP contribution is -2.12. The number of benzene rings is 1. The van der Waals surface area contributed by atoms with Crippen molar-refractivity contribution >= 4 is 33.7 Å². The van der Waals surface area contributed by atoms with Crippen LogP contribution in [-0.2, 0) is 7.05 Å². The van der Waals surface area contributed by atoms with Crippen molar-refractivity contribution in [3.63, 3.8) is 0 Å². The normalized spacial score (nSPS) is 10.6. The summed E-state index contributed by atoms with van der Waals surface area (Å²) in [5.41, 5.74) is -0.103. The number of halogens is 1. The zero-order valence-electron chi connectivity index (χ0n) is 9.18. The first-order chi connectivity index (χ1) is 8.49. The van der Waals surface area contributed by atoms with E-state index in [4.69, 9.17) is 5.11 Å². The van der Waals surface area contributed by atoms with Crippen LogP contribution in [0.4, 0.5) is 0 Å². The van der Waals surface area contributed by atoms with Crippen molar-refractivity contribution < 1.29 is 9.90 Å². The van der Waals surface area contributed by atoms with Crippen LogP contribution < -0.4 is 5.69 Å². The zero-order chi connectivity index (χ0) is 13.3. The lowest BCUT2D eigenvalue weighted by Gasteiger charge is -2.03. The van der Waals surface area contributed by atoms with Crippen molar-refractivity contribution in [2.75, 3.05) is 0 Å². The van der Waals surface area contributed by atoms with E-state index in [1.54, 1.807) is 19.2 Å². The molecular formula is C10H8BrN3O3S. The molecule has 0 aliphatic carbocycles. The maximum Gasteiger partial charge on any atom is 0.343 e. The van der Waals surface area contributed by atoms with E-state index in [0.29, 0.717) is 9.63 Å². The molecule has 2 aromatic rings. The van der Waals surface area contributed by atoms with E-state index in [0.717, 1.165) is 4.90 Å². The van der Waals surface area contributed by atoms with Gasteiger partial charge >= 0.3 is 11.7 Å². The summed E-state index contributed by atoms with van der Waals surface area (Å²) >= 11 is 4.46. The van der Waals surface area contributed by atoms with E-state index in [1.807, 2.05) is 0 Å². The molecule has 0 atom stereocenters. The molecule has 94 valence electrons. The maximum absolute atomic E-state index is 11.2. The van der Waals surface area contributed by atoms with Crippen molar-refractivity contribution in [3.8, 4) is 0 Å². The van der Waals surface area contributed by atoms with Gasteiger partial charge in [0.2, 0.25) is 0 Å². The summed E-state index contributed by atoms with van der Waals surface area (Å²) in [5, 5.41) is 15.6. The number of carbonyl (C=O) groups is 1. The van der Waals surface area contributed by atoms with Gasteiger partial charge in [0.05, 0.1) is 5.56 Å². The highest BCUT2D eigenvalue weighted by atomic mass is 79.9. The molecular weight excluding hydrogens is 322 g/mol. The molecule has 6 nitrogen and oxygen atoms in total. The monoisotopic (exact) mass is 329 g/mol. The number of carboxylic acids is 1. The van der Waals surface area contributed by atoms with Crippen molar-refractivity contribution in [1.29, 1.82) is 0 Å². The average Bonchev–Trinajstić information content (AvgIpc) is 2.61. The molecule has 0 saturated heterocycles. The molecule has 0 aliphatic rings. The minimum Gasteiger partial charge on any atom is -0.478 e. The Labute approximate surface area is 114 Å². The number of nitrogens with zero attached hydrogens (tertiary/aromatic N) is 2.